The number of anilines is 6. The summed E-state index contributed by atoms with van der Waals surface area (Å²) >= 11 is 0. The molecule has 3 heteroatoms. The molecule has 1 aliphatic heterocycles. The van der Waals surface area contributed by atoms with Crippen LogP contribution in [0.4, 0.5) is 34.1 Å². The highest BCUT2D eigenvalue weighted by Crippen LogP contribution is 2.57. The van der Waals surface area contributed by atoms with E-state index in [1.165, 1.54) is 66.8 Å². The van der Waals surface area contributed by atoms with Gasteiger partial charge in [0, 0.05) is 49.9 Å². The summed E-state index contributed by atoms with van der Waals surface area (Å²) in [6.07, 6.45) is 0. The molecule has 0 spiro atoms. The van der Waals surface area contributed by atoms with Gasteiger partial charge in [-0.2, -0.15) is 0 Å². The average Bonchev–Trinajstić information content (AvgIpc) is 3.82. The zero-order chi connectivity index (χ0) is 49.0. The Kier molecular flexibility index (Phi) is 9.59. The zero-order valence-corrected chi connectivity index (χ0v) is 41.4. The normalized spacial score (nSPS) is 13.8. The van der Waals surface area contributed by atoms with E-state index in [2.05, 4.69) is 280 Å². The second-order valence-electron chi connectivity index (χ2n) is 20.9. The van der Waals surface area contributed by atoms with E-state index < -0.39 is 0 Å². The maximum Gasteiger partial charge on any atom is 0.159 e. The van der Waals surface area contributed by atoms with E-state index in [0.717, 1.165) is 67.5 Å². The smallest absolute Gasteiger partial charge is 0.159 e. The van der Waals surface area contributed by atoms with E-state index in [9.17, 15) is 0 Å². The fraction of sp³-hybridized carbons (Fsp3) is 0.0857. The fourth-order valence-electron chi connectivity index (χ4n) is 12.4. The van der Waals surface area contributed by atoms with Gasteiger partial charge >= 0.3 is 0 Å². The number of fused-ring (bicyclic) bond motifs is 8. The first-order valence-corrected chi connectivity index (χ1v) is 25.5. The lowest BCUT2D eigenvalue weighted by molar-refractivity contribution is 0.488. The number of ether oxygens (including phenoxy) is 1. The summed E-state index contributed by atoms with van der Waals surface area (Å²) in [5.41, 5.74) is 23.6. The van der Waals surface area contributed by atoms with Crippen LogP contribution >= 0.6 is 0 Å². The Morgan fingerprint density at radius 2 is 0.726 bits per heavy atom. The summed E-state index contributed by atoms with van der Waals surface area (Å²) in [5, 5.41) is 2.22. The topological polar surface area (TPSA) is 15.7 Å². The minimum atomic E-state index is -0.164. The number of hydrogen-bond donors (Lipinski definition) is 0. The maximum atomic E-state index is 7.36. The molecule has 11 aromatic rings. The fourth-order valence-corrected chi connectivity index (χ4v) is 12.4. The third-order valence-electron chi connectivity index (χ3n) is 16.1. The molecular weight excluding hydrogens is 885 g/mol. The highest BCUT2D eigenvalue weighted by atomic mass is 16.5. The lowest BCUT2D eigenvalue weighted by Gasteiger charge is -2.33. The lowest BCUT2D eigenvalue weighted by atomic mass is 9.82. The van der Waals surface area contributed by atoms with E-state index in [1.54, 1.807) is 0 Å². The van der Waals surface area contributed by atoms with Crippen molar-refractivity contribution >= 4 is 44.9 Å². The van der Waals surface area contributed by atoms with Gasteiger partial charge in [-0.25, -0.2) is 0 Å². The van der Waals surface area contributed by atoms with Gasteiger partial charge in [-0.05, 0) is 139 Å². The molecule has 0 N–H and O–H groups in total. The van der Waals surface area contributed by atoms with Crippen molar-refractivity contribution in [1.29, 1.82) is 0 Å². The highest BCUT2D eigenvalue weighted by molar-refractivity contribution is 6.12. The van der Waals surface area contributed by atoms with Crippen molar-refractivity contribution in [3.63, 3.8) is 0 Å². The van der Waals surface area contributed by atoms with Crippen LogP contribution in [0.5, 0.6) is 11.5 Å². The van der Waals surface area contributed by atoms with Gasteiger partial charge in [0.25, 0.3) is 0 Å². The van der Waals surface area contributed by atoms with Gasteiger partial charge in [-0.15, -0.1) is 0 Å². The molecular formula is C70H52N2O. The molecule has 0 atom stereocenters. The van der Waals surface area contributed by atoms with Gasteiger partial charge < -0.3 is 14.5 Å². The molecule has 2 aliphatic carbocycles. The molecule has 73 heavy (non-hydrogen) atoms. The number of para-hydroxylation sites is 1. The number of benzene rings is 11. The summed E-state index contributed by atoms with van der Waals surface area (Å²) in [7, 11) is 0. The van der Waals surface area contributed by atoms with Crippen LogP contribution in [0, 0.1) is 0 Å². The Hall–Kier alpha value is -8.92. The Bertz CT molecular complexity index is 3980. The molecule has 11 aromatic carbocycles. The van der Waals surface area contributed by atoms with Crippen LogP contribution in [0.3, 0.4) is 0 Å². The van der Waals surface area contributed by atoms with Crippen molar-refractivity contribution in [3.05, 3.63) is 265 Å². The summed E-state index contributed by atoms with van der Waals surface area (Å²) < 4.78 is 7.36. The Morgan fingerprint density at radius 1 is 0.301 bits per heavy atom. The van der Waals surface area contributed by atoms with E-state index in [4.69, 9.17) is 4.74 Å². The Morgan fingerprint density at radius 3 is 1.27 bits per heavy atom. The molecule has 0 radical (unpaired) electrons. The first-order valence-electron chi connectivity index (χ1n) is 25.5. The SMILES string of the molecule is CC1(C)c2ccccc2-c2ccc(N(c3ccc(-c4ccccc4)cc3)c3cccc4c3Oc3ccc(N(c5ccc(-c6ccccc6)cc5)c5ccc6c(c5)C(C)(C)c5ccccc5-6)c5cccc-4c35)cc21. The predicted octanol–water partition coefficient (Wildman–Crippen LogP) is 19.5. The van der Waals surface area contributed by atoms with E-state index in [-0.39, 0.29) is 10.8 Å². The molecule has 0 aromatic heterocycles. The molecule has 0 amide bonds. The van der Waals surface area contributed by atoms with Gasteiger partial charge in [0.2, 0.25) is 0 Å². The van der Waals surface area contributed by atoms with Crippen LogP contribution in [0.25, 0.3) is 66.4 Å². The molecule has 0 saturated heterocycles. The van der Waals surface area contributed by atoms with Crippen LogP contribution in [0.1, 0.15) is 49.9 Å². The summed E-state index contributed by atoms with van der Waals surface area (Å²) in [4.78, 5) is 4.83. The van der Waals surface area contributed by atoms with Gasteiger partial charge in [0.1, 0.15) is 5.75 Å². The van der Waals surface area contributed by atoms with E-state index in [0.29, 0.717) is 0 Å². The quantitative estimate of drug-likeness (QED) is 0.151. The third-order valence-corrected chi connectivity index (χ3v) is 16.1. The van der Waals surface area contributed by atoms with Crippen molar-refractivity contribution in [1.82, 2.24) is 0 Å². The molecule has 3 nitrogen and oxygen atoms in total. The Labute approximate surface area is 427 Å². The summed E-state index contributed by atoms with van der Waals surface area (Å²) in [6, 6.07) is 88.9. The maximum absolute atomic E-state index is 7.36. The molecule has 1 heterocycles. The van der Waals surface area contributed by atoms with Gasteiger partial charge in [0.05, 0.1) is 11.4 Å². The highest BCUT2D eigenvalue weighted by Gasteiger charge is 2.38. The number of nitrogens with zero attached hydrogens (tertiary/aromatic N) is 2. The van der Waals surface area contributed by atoms with Crippen LogP contribution in [-0.2, 0) is 10.8 Å². The van der Waals surface area contributed by atoms with Crippen molar-refractivity contribution in [2.45, 2.75) is 38.5 Å². The van der Waals surface area contributed by atoms with Crippen LogP contribution in [-0.4, -0.2) is 0 Å². The standard InChI is InChI=1S/C70H52N2O/c1-69(2)60-26-13-11-21-53(60)55-39-37-51(43-62(55)69)71(49-33-29-47(30-34-49)45-17-7-5-8-18-45)64-41-42-66-67-57(23-15-25-59(64)67)58-24-16-28-65(68(58)73-66)72(50-35-31-48(32-36-50)46-19-9-6-10-20-46)52-38-40-56-54-22-12-14-27-61(54)70(3,4)63(56)44-52/h5-44H,1-4H3. The minimum Gasteiger partial charge on any atom is -0.454 e. The molecule has 14 rings (SSSR count). The lowest BCUT2D eigenvalue weighted by Crippen LogP contribution is -2.17. The molecule has 3 aliphatic rings. The third kappa shape index (κ3) is 6.65. The number of hydrogen-bond acceptors (Lipinski definition) is 3. The second kappa shape index (κ2) is 16.3. The van der Waals surface area contributed by atoms with Crippen LogP contribution < -0.4 is 14.5 Å². The van der Waals surface area contributed by atoms with Gasteiger partial charge in [-0.3, -0.25) is 0 Å². The van der Waals surface area contributed by atoms with E-state index in [1.807, 2.05) is 0 Å². The summed E-state index contributed by atoms with van der Waals surface area (Å²) in [6.45, 7) is 9.42. The molecule has 348 valence electrons. The first-order chi connectivity index (χ1) is 35.7. The van der Waals surface area contributed by atoms with Crippen molar-refractivity contribution in [3.8, 4) is 67.1 Å². The zero-order valence-electron chi connectivity index (χ0n) is 41.4. The largest absolute Gasteiger partial charge is 0.454 e. The van der Waals surface area contributed by atoms with Crippen molar-refractivity contribution in [2.24, 2.45) is 0 Å². The van der Waals surface area contributed by atoms with E-state index >= 15 is 0 Å². The van der Waals surface area contributed by atoms with Crippen molar-refractivity contribution < 1.29 is 4.74 Å². The first kappa shape index (κ1) is 42.9. The molecule has 0 unspecified atom stereocenters. The monoisotopic (exact) mass is 936 g/mol. The minimum absolute atomic E-state index is 0.154. The van der Waals surface area contributed by atoms with Crippen LogP contribution in [0.15, 0.2) is 243 Å². The van der Waals surface area contributed by atoms with Crippen LogP contribution in [0.2, 0.25) is 0 Å². The number of rotatable bonds is 8. The molecule has 0 saturated carbocycles. The predicted molar refractivity (Wildman–Crippen MR) is 305 cm³/mol. The molecule has 0 bridgehead atoms. The van der Waals surface area contributed by atoms with Crippen molar-refractivity contribution in [2.75, 3.05) is 9.80 Å². The van der Waals surface area contributed by atoms with Gasteiger partial charge in [-0.1, -0.05) is 204 Å². The average molecular weight is 937 g/mol. The Balaban J connectivity index is 0.928. The van der Waals surface area contributed by atoms with Gasteiger partial charge in [0.15, 0.2) is 5.75 Å². The summed E-state index contributed by atoms with van der Waals surface area (Å²) in [5.74, 6) is 1.67. The molecule has 0 fully saturated rings. The second-order valence-corrected chi connectivity index (χ2v) is 20.9.